The van der Waals surface area contributed by atoms with Gasteiger partial charge in [0, 0.05) is 11.4 Å². The second-order valence-corrected chi connectivity index (χ2v) is 7.93. The first kappa shape index (κ1) is 25.2. The molecule has 3 aromatic carbocycles. The zero-order valence-corrected chi connectivity index (χ0v) is 19.9. The van der Waals surface area contributed by atoms with Crippen LogP contribution in [0.5, 0.6) is 5.75 Å². The molecule has 3 aromatic rings. The van der Waals surface area contributed by atoms with Crippen molar-refractivity contribution in [2.45, 2.75) is 27.2 Å². The van der Waals surface area contributed by atoms with Gasteiger partial charge in [0.25, 0.3) is 5.91 Å². The lowest BCUT2D eigenvalue weighted by molar-refractivity contribution is -0.136. The molecule has 0 heterocycles. The lowest BCUT2D eigenvalue weighted by atomic mass is 10.1. The molecule has 0 saturated carbocycles. The summed E-state index contributed by atoms with van der Waals surface area (Å²) in [5.74, 6) is -1.44. The summed E-state index contributed by atoms with van der Waals surface area (Å²) in [5, 5.41) is 9.17. The van der Waals surface area contributed by atoms with Crippen molar-refractivity contribution in [3.63, 3.8) is 0 Å². The maximum absolute atomic E-state index is 12.2. The highest BCUT2D eigenvalue weighted by molar-refractivity contribution is 6.39. The standard InChI is InChI=1S/C27H28N4O4/c1-4-20-7-11-22(12-8-20)29-26(33)27(34)31-28-16-21-9-13-23(14-10-21)35-17-25(32)30-24-15-18(2)5-6-19(24)3/h5-16H,4,17H2,1-3H3,(H,29,33)(H,30,32)(H,31,34)/b28-16-. The molecule has 0 aliphatic rings. The number of amides is 3. The summed E-state index contributed by atoms with van der Waals surface area (Å²) in [7, 11) is 0. The summed E-state index contributed by atoms with van der Waals surface area (Å²) in [4.78, 5) is 36.1. The van der Waals surface area contributed by atoms with Crippen LogP contribution in [0, 0.1) is 13.8 Å². The van der Waals surface area contributed by atoms with E-state index in [9.17, 15) is 14.4 Å². The van der Waals surface area contributed by atoms with Gasteiger partial charge in [0.15, 0.2) is 6.61 Å². The van der Waals surface area contributed by atoms with E-state index in [1.54, 1.807) is 36.4 Å². The summed E-state index contributed by atoms with van der Waals surface area (Å²) in [5.41, 5.74) is 7.33. The quantitative estimate of drug-likeness (QED) is 0.262. The molecule has 0 atom stereocenters. The van der Waals surface area contributed by atoms with Crippen LogP contribution in [0.1, 0.15) is 29.2 Å². The molecule has 0 unspecified atom stereocenters. The minimum Gasteiger partial charge on any atom is -0.484 e. The van der Waals surface area contributed by atoms with E-state index in [0.29, 0.717) is 17.0 Å². The van der Waals surface area contributed by atoms with Crippen LogP contribution >= 0.6 is 0 Å². The highest BCUT2D eigenvalue weighted by Gasteiger charge is 2.12. The maximum Gasteiger partial charge on any atom is 0.329 e. The Morgan fingerprint density at radius 2 is 1.60 bits per heavy atom. The van der Waals surface area contributed by atoms with Crippen molar-refractivity contribution in [1.82, 2.24) is 5.43 Å². The number of ether oxygens (including phenoxy) is 1. The van der Waals surface area contributed by atoms with Crippen molar-refractivity contribution in [1.29, 1.82) is 0 Å². The van der Waals surface area contributed by atoms with Gasteiger partial charge in [0.05, 0.1) is 6.21 Å². The molecule has 180 valence electrons. The number of nitrogens with one attached hydrogen (secondary N) is 3. The zero-order chi connectivity index (χ0) is 25.2. The van der Waals surface area contributed by atoms with E-state index in [4.69, 9.17) is 4.74 Å². The van der Waals surface area contributed by atoms with Crippen LogP contribution in [0.15, 0.2) is 71.8 Å². The molecule has 8 nitrogen and oxygen atoms in total. The van der Waals surface area contributed by atoms with Gasteiger partial charge in [-0.05, 0) is 85.0 Å². The lowest BCUT2D eigenvalue weighted by Crippen LogP contribution is -2.32. The van der Waals surface area contributed by atoms with E-state index in [1.807, 2.05) is 51.1 Å². The van der Waals surface area contributed by atoms with E-state index in [0.717, 1.165) is 28.8 Å². The Labute approximate surface area is 204 Å². The summed E-state index contributed by atoms with van der Waals surface area (Å²) >= 11 is 0. The molecular weight excluding hydrogens is 444 g/mol. The van der Waals surface area contributed by atoms with Crippen molar-refractivity contribution >= 4 is 35.3 Å². The van der Waals surface area contributed by atoms with Crippen molar-refractivity contribution in [2.75, 3.05) is 17.2 Å². The molecule has 0 aromatic heterocycles. The minimum absolute atomic E-state index is 0.132. The fraction of sp³-hybridized carbons (Fsp3) is 0.185. The summed E-state index contributed by atoms with van der Waals surface area (Å²) in [6.45, 7) is 5.79. The average Bonchev–Trinajstić information content (AvgIpc) is 2.86. The topological polar surface area (TPSA) is 109 Å². The molecule has 0 fully saturated rings. The van der Waals surface area contributed by atoms with Crippen LogP contribution in [0.25, 0.3) is 0 Å². The number of hydrogen-bond acceptors (Lipinski definition) is 5. The van der Waals surface area contributed by atoms with Gasteiger partial charge in [-0.1, -0.05) is 31.2 Å². The number of carbonyl (C=O) groups is 3. The van der Waals surface area contributed by atoms with Gasteiger partial charge in [0.2, 0.25) is 0 Å². The first-order chi connectivity index (χ1) is 16.8. The van der Waals surface area contributed by atoms with E-state index in [-0.39, 0.29) is 12.5 Å². The first-order valence-corrected chi connectivity index (χ1v) is 11.2. The Bertz CT molecular complexity index is 1220. The number of nitrogens with zero attached hydrogens (tertiary/aromatic N) is 1. The van der Waals surface area contributed by atoms with Gasteiger partial charge in [-0.25, -0.2) is 5.43 Å². The molecule has 0 bridgehead atoms. The smallest absolute Gasteiger partial charge is 0.329 e. The van der Waals surface area contributed by atoms with Crippen LogP contribution in [-0.4, -0.2) is 30.5 Å². The SMILES string of the molecule is CCc1ccc(NC(=O)C(=O)N/N=C\c2ccc(OCC(=O)Nc3cc(C)ccc3C)cc2)cc1. The molecule has 0 saturated heterocycles. The third-order valence-corrected chi connectivity index (χ3v) is 5.12. The van der Waals surface area contributed by atoms with Crippen LogP contribution in [0.4, 0.5) is 11.4 Å². The highest BCUT2D eigenvalue weighted by Crippen LogP contribution is 2.17. The van der Waals surface area contributed by atoms with Crippen molar-refractivity contribution in [2.24, 2.45) is 5.10 Å². The van der Waals surface area contributed by atoms with Crippen LogP contribution in [0.3, 0.4) is 0 Å². The Hall–Kier alpha value is -4.46. The number of carbonyl (C=O) groups excluding carboxylic acids is 3. The average molecular weight is 473 g/mol. The second kappa shape index (κ2) is 12.1. The van der Waals surface area contributed by atoms with Gasteiger partial charge < -0.3 is 15.4 Å². The second-order valence-electron chi connectivity index (χ2n) is 7.93. The number of anilines is 2. The van der Waals surface area contributed by atoms with E-state index < -0.39 is 11.8 Å². The highest BCUT2D eigenvalue weighted by atomic mass is 16.5. The van der Waals surface area contributed by atoms with Crippen molar-refractivity contribution in [3.05, 3.63) is 89.0 Å². The van der Waals surface area contributed by atoms with Crippen LogP contribution < -0.4 is 20.8 Å². The fourth-order valence-electron chi connectivity index (χ4n) is 3.08. The molecule has 3 N–H and O–H groups in total. The van der Waals surface area contributed by atoms with Gasteiger partial charge in [-0.2, -0.15) is 5.10 Å². The Morgan fingerprint density at radius 1 is 0.886 bits per heavy atom. The summed E-state index contributed by atoms with van der Waals surface area (Å²) < 4.78 is 5.53. The minimum atomic E-state index is -0.879. The molecule has 0 spiro atoms. The Morgan fingerprint density at radius 3 is 2.29 bits per heavy atom. The monoisotopic (exact) mass is 472 g/mol. The van der Waals surface area contributed by atoms with E-state index in [2.05, 4.69) is 21.2 Å². The third kappa shape index (κ3) is 7.82. The molecule has 0 aliphatic heterocycles. The zero-order valence-electron chi connectivity index (χ0n) is 19.9. The van der Waals surface area contributed by atoms with Crippen LogP contribution in [0.2, 0.25) is 0 Å². The van der Waals surface area contributed by atoms with Gasteiger partial charge in [-0.15, -0.1) is 0 Å². The fourth-order valence-corrected chi connectivity index (χ4v) is 3.08. The van der Waals surface area contributed by atoms with Crippen molar-refractivity contribution < 1.29 is 19.1 Å². The van der Waals surface area contributed by atoms with Crippen LogP contribution in [-0.2, 0) is 20.8 Å². The number of benzene rings is 3. The predicted molar refractivity (Wildman–Crippen MR) is 137 cm³/mol. The molecule has 8 heteroatoms. The largest absolute Gasteiger partial charge is 0.484 e. The number of hydrogen-bond donors (Lipinski definition) is 3. The van der Waals surface area contributed by atoms with Gasteiger partial charge >= 0.3 is 11.8 Å². The predicted octanol–water partition coefficient (Wildman–Crippen LogP) is 3.97. The maximum atomic E-state index is 12.2. The first-order valence-electron chi connectivity index (χ1n) is 11.2. The van der Waals surface area contributed by atoms with Crippen molar-refractivity contribution in [3.8, 4) is 5.75 Å². The number of aryl methyl sites for hydroxylation is 3. The number of hydrazone groups is 1. The van der Waals surface area contributed by atoms with Gasteiger partial charge in [-0.3, -0.25) is 14.4 Å². The molecule has 3 amide bonds. The Balaban J connectivity index is 1.43. The van der Waals surface area contributed by atoms with E-state index >= 15 is 0 Å². The normalized spacial score (nSPS) is 10.6. The third-order valence-electron chi connectivity index (χ3n) is 5.12. The molecular formula is C27H28N4O4. The molecule has 35 heavy (non-hydrogen) atoms. The van der Waals surface area contributed by atoms with Gasteiger partial charge in [0.1, 0.15) is 5.75 Å². The summed E-state index contributed by atoms with van der Waals surface area (Å²) in [6.07, 6.45) is 2.29. The number of rotatable bonds is 8. The molecule has 0 radical (unpaired) electrons. The Kier molecular flexibility index (Phi) is 8.72. The summed E-state index contributed by atoms with van der Waals surface area (Å²) in [6, 6.07) is 19.9. The lowest BCUT2D eigenvalue weighted by Gasteiger charge is -2.10. The van der Waals surface area contributed by atoms with E-state index in [1.165, 1.54) is 6.21 Å². The molecule has 0 aliphatic carbocycles. The molecule has 3 rings (SSSR count).